The summed E-state index contributed by atoms with van der Waals surface area (Å²) >= 11 is 5.97. The smallest absolute Gasteiger partial charge is 0.228 e. The van der Waals surface area contributed by atoms with Gasteiger partial charge in [-0.25, -0.2) is 4.98 Å². The highest BCUT2D eigenvalue weighted by Gasteiger charge is 2.22. The number of oxime groups is 1. The molecule has 0 atom stereocenters. The van der Waals surface area contributed by atoms with E-state index in [-0.39, 0.29) is 39.2 Å². The summed E-state index contributed by atoms with van der Waals surface area (Å²) in [5, 5.41) is 23.0. The van der Waals surface area contributed by atoms with Crippen molar-refractivity contribution < 1.29 is 19.5 Å². The highest BCUT2D eigenvalue weighted by Crippen LogP contribution is 2.29. The molecule has 0 aliphatic carbocycles. The summed E-state index contributed by atoms with van der Waals surface area (Å²) in [5.41, 5.74) is -0.573. The average molecular weight is 388 g/mol. The molecule has 0 aliphatic rings. The second-order valence-electron chi connectivity index (χ2n) is 6.56. The van der Waals surface area contributed by atoms with Crippen molar-refractivity contribution in [1.82, 2.24) is 4.98 Å². The second-order valence-corrected chi connectivity index (χ2v) is 6.96. The molecular formula is C19H18ClN3O4. The highest BCUT2D eigenvalue weighted by atomic mass is 35.5. The van der Waals surface area contributed by atoms with E-state index < -0.39 is 11.4 Å². The van der Waals surface area contributed by atoms with Gasteiger partial charge in [0, 0.05) is 13.1 Å². The molecule has 1 aromatic heterocycles. The van der Waals surface area contributed by atoms with Crippen LogP contribution in [0.2, 0.25) is 5.02 Å². The largest absolute Gasteiger partial charge is 0.507 e. The van der Waals surface area contributed by atoms with Crippen LogP contribution in [0.15, 0.2) is 35.6 Å². The monoisotopic (exact) mass is 387 g/mol. The average Bonchev–Trinajstić information content (AvgIpc) is 2.61. The van der Waals surface area contributed by atoms with Crippen molar-refractivity contribution in [2.75, 3.05) is 0 Å². The minimum atomic E-state index is -0.612. The van der Waals surface area contributed by atoms with Gasteiger partial charge in [-0.2, -0.15) is 5.26 Å². The first-order chi connectivity index (χ1) is 12.6. The maximum atomic E-state index is 12.8. The summed E-state index contributed by atoms with van der Waals surface area (Å²) in [5.74, 6) is -0.673. The van der Waals surface area contributed by atoms with Crippen LogP contribution in [-0.4, -0.2) is 27.4 Å². The summed E-state index contributed by atoms with van der Waals surface area (Å²) in [6.07, 6.45) is 1.42. The third-order valence-corrected chi connectivity index (χ3v) is 3.45. The van der Waals surface area contributed by atoms with Gasteiger partial charge >= 0.3 is 0 Å². The summed E-state index contributed by atoms with van der Waals surface area (Å²) in [6.45, 7) is 7.07. The summed E-state index contributed by atoms with van der Waals surface area (Å²) in [4.78, 5) is 22.1. The molecule has 0 radical (unpaired) electrons. The number of pyridine rings is 1. The molecule has 1 aromatic carbocycles. The number of carbonyl (C=O) groups is 1. The number of hydrogen-bond acceptors (Lipinski definition) is 7. The van der Waals surface area contributed by atoms with Gasteiger partial charge < -0.3 is 14.7 Å². The van der Waals surface area contributed by atoms with Gasteiger partial charge in [-0.15, -0.1) is 0 Å². The Morgan fingerprint density at radius 1 is 1.37 bits per heavy atom. The van der Waals surface area contributed by atoms with Crippen LogP contribution < -0.4 is 4.74 Å². The topological polar surface area (TPSA) is 105 Å². The van der Waals surface area contributed by atoms with Crippen molar-refractivity contribution in [3.63, 3.8) is 0 Å². The second kappa shape index (κ2) is 8.06. The lowest BCUT2D eigenvalue weighted by atomic mass is 10.0. The SMILES string of the molecule is CC(=NOC(C)(C)C)Oc1cccnc1C(=O)c1cc(Cl)c(C#N)cc1O. The van der Waals surface area contributed by atoms with Gasteiger partial charge in [0.1, 0.15) is 17.4 Å². The lowest BCUT2D eigenvalue weighted by Crippen LogP contribution is -2.18. The molecule has 140 valence electrons. The molecule has 0 fully saturated rings. The van der Waals surface area contributed by atoms with Gasteiger partial charge in [0.2, 0.25) is 11.7 Å². The molecule has 1 heterocycles. The lowest BCUT2D eigenvalue weighted by Gasteiger charge is -2.16. The molecule has 0 saturated carbocycles. The number of rotatable bonds is 4. The highest BCUT2D eigenvalue weighted by molar-refractivity contribution is 6.32. The Morgan fingerprint density at radius 2 is 2.07 bits per heavy atom. The van der Waals surface area contributed by atoms with E-state index in [1.807, 2.05) is 26.8 Å². The van der Waals surface area contributed by atoms with E-state index in [1.165, 1.54) is 12.3 Å². The van der Waals surface area contributed by atoms with Crippen LogP contribution in [0.3, 0.4) is 0 Å². The number of nitriles is 1. The van der Waals surface area contributed by atoms with Crippen LogP contribution >= 0.6 is 11.6 Å². The zero-order valence-corrected chi connectivity index (χ0v) is 16.0. The summed E-state index contributed by atoms with van der Waals surface area (Å²) in [7, 11) is 0. The molecule has 1 N–H and O–H groups in total. The van der Waals surface area contributed by atoms with Gasteiger partial charge in [0.05, 0.1) is 16.1 Å². The van der Waals surface area contributed by atoms with Crippen LogP contribution in [0.25, 0.3) is 0 Å². The molecular weight excluding hydrogens is 370 g/mol. The number of aromatic nitrogens is 1. The van der Waals surface area contributed by atoms with E-state index in [1.54, 1.807) is 19.1 Å². The predicted octanol–water partition coefficient (Wildman–Crippen LogP) is 4.07. The normalized spacial score (nSPS) is 11.6. The number of phenolic OH excluding ortho intramolecular Hbond substituents is 1. The predicted molar refractivity (Wildman–Crippen MR) is 100 cm³/mol. The molecule has 0 amide bonds. The quantitative estimate of drug-likeness (QED) is 0.367. The summed E-state index contributed by atoms with van der Waals surface area (Å²) < 4.78 is 5.57. The maximum absolute atomic E-state index is 12.8. The Morgan fingerprint density at radius 3 is 2.70 bits per heavy atom. The van der Waals surface area contributed by atoms with E-state index >= 15 is 0 Å². The standard InChI is InChI=1S/C19H18ClN3O4/c1-11(23-27-19(2,3)4)26-16-6-5-7-22-17(16)18(25)13-9-14(20)12(10-21)8-15(13)24/h5-9,24H,1-4H3. The Kier molecular flexibility index (Phi) is 6.03. The molecule has 0 aliphatic heterocycles. The third kappa shape index (κ3) is 5.19. The number of carbonyl (C=O) groups excluding carboxylic acids is 1. The van der Waals surface area contributed by atoms with Crippen LogP contribution in [-0.2, 0) is 4.84 Å². The van der Waals surface area contributed by atoms with Crippen LogP contribution in [0.1, 0.15) is 49.3 Å². The van der Waals surface area contributed by atoms with Gasteiger partial charge in [-0.3, -0.25) is 4.79 Å². The van der Waals surface area contributed by atoms with Crippen molar-refractivity contribution in [2.45, 2.75) is 33.3 Å². The minimum absolute atomic E-state index is 0.0427. The van der Waals surface area contributed by atoms with Gasteiger partial charge in [-0.05, 0) is 45.0 Å². The number of hydrogen-bond donors (Lipinski definition) is 1. The first-order valence-corrected chi connectivity index (χ1v) is 8.33. The Hall–Kier alpha value is -3.11. The number of nitrogens with zero attached hydrogens (tertiary/aromatic N) is 3. The molecule has 0 spiro atoms. The zero-order chi connectivity index (χ0) is 20.2. The zero-order valence-electron chi connectivity index (χ0n) is 15.3. The Balaban J connectivity index is 2.37. The van der Waals surface area contributed by atoms with Gasteiger partial charge in [0.15, 0.2) is 11.4 Å². The van der Waals surface area contributed by atoms with E-state index in [0.717, 1.165) is 6.07 Å². The third-order valence-electron chi connectivity index (χ3n) is 3.14. The number of aromatic hydroxyl groups is 1. The first kappa shape index (κ1) is 20.2. The van der Waals surface area contributed by atoms with Crippen molar-refractivity contribution in [3.8, 4) is 17.6 Å². The minimum Gasteiger partial charge on any atom is -0.507 e. The van der Waals surface area contributed by atoms with E-state index in [0.29, 0.717) is 0 Å². The summed E-state index contributed by atoms with van der Waals surface area (Å²) in [6, 6.07) is 7.32. The number of benzene rings is 1. The van der Waals surface area contributed by atoms with Crippen LogP contribution in [0, 0.1) is 11.3 Å². The molecule has 27 heavy (non-hydrogen) atoms. The van der Waals surface area contributed by atoms with E-state index in [2.05, 4.69) is 10.1 Å². The Labute approximate surface area is 161 Å². The first-order valence-electron chi connectivity index (χ1n) is 7.95. The molecule has 2 aromatic rings. The molecule has 7 nitrogen and oxygen atoms in total. The fourth-order valence-corrected chi connectivity index (χ4v) is 2.19. The number of phenols is 1. The Bertz CT molecular complexity index is 943. The number of ether oxygens (including phenoxy) is 1. The molecule has 0 unspecified atom stereocenters. The molecule has 2 rings (SSSR count). The van der Waals surface area contributed by atoms with Gasteiger partial charge in [0.25, 0.3) is 0 Å². The van der Waals surface area contributed by atoms with Crippen molar-refractivity contribution in [2.24, 2.45) is 5.16 Å². The van der Waals surface area contributed by atoms with Crippen molar-refractivity contribution >= 4 is 23.3 Å². The molecule has 8 heteroatoms. The molecule has 0 saturated heterocycles. The maximum Gasteiger partial charge on any atom is 0.228 e. The van der Waals surface area contributed by atoms with E-state index in [4.69, 9.17) is 26.4 Å². The fraction of sp³-hybridized carbons (Fsp3) is 0.263. The van der Waals surface area contributed by atoms with Crippen LogP contribution in [0.5, 0.6) is 11.5 Å². The fourth-order valence-electron chi connectivity index (χ4n) is 1.98. The van der Waals surface area contributed by atoms with Crippen LogP contribution in [0.4, 0.5) is 0 Å². The van der Waals surface area contributed by atoms with Gasteiger partial charge in [-0.1, -0.05) is 16.8 Å². The molecule has 0 bridgehead atoms. The van der Waals surface area contributed by atoms with Crippen molar-refractivity contribution in [3.05, 3.63) is 52.3 Å². The number of ketones is 1. The lowest BCUT2D eigenvalue weighted by molar-refractivity contribution is -0.00187. The number of halogens is 1. The van der Waals surface area contributed by atoms with Crippen molar-refractivity contribution in [1.29, 1.82) is 5.26 Å². The van der Waals surface area contributed by atoms with E-state index in [9.17, 15) is 9.90 Å².